The van der Waals surface area contributed by atoms with Crippen LogP contribution >= 0.6 is 11.6 Å². The first-order chi connectivity index (χ1) is 20.0. The molecule has 3 heterocycles. The van der Waals surface area contributed by atoms with Gasteiger partial charge in [0.15, 0.2) is 0 Å². The molecule has 224 valence electrons. The number of anilines is 2. The molecule has 0 radical (unpaired) electrons. The van der Waals surface area contributed by atoms with Gasteiger partial charge in [0.05, 0.1) is 6.61 Å². The van der Waals surface area contributed by atoms with Gasteiger partial charge < -0.3 is 25.4 Å². The molecule has 0 bridgehead atoms. The standard InChI is InChI=1S/C30H33ClF3N5O3/c1-3-41-27(40)23-16-29(17-36-23)10-12-39(13-11-29)24-15-25(38-28(35)37-24)42-26(30(32,33)34)21-9-8-20(31)14-22(21)19-6-4-18(2)5-7-19/h4-9,14-15,23,26,36H,3,10-13,16-17H2,1-2H3,(H2,35,37,38)/t23?,26-/m1/s1. The van der Waals surface area contributed by atoms with Crippen LogP contribution in [0.4, 0.5) is 24.9 Å². The number of nitrogens with one attached hydrogen (secondary N) is 1. The van der Waals surface area contributed by atoms with E-state index in [-0.39, 0.29) is 34.8 Å². The van der Waals surface area contributed by atoms with Gasteiger partial charge in [0.2, 0.25) is 17.9 Å². The Kier molecular flexibility index (Phi) is 8.52. The lowest BCUT2D eigenvalue weighted by Gasteiger charge is -2.39. The van der Waals surface area contributed by atoms with Gasteiger partial charge in [0.1, 0.15) is 11.9 Å². The molecular formula is C30H33ClF3N5O3. The number of carbonyl (C=O) groups is 1. The van der Waals surface area contributed by atoms with Gasteiger partial charge in [-0.3, -0.25) is 4.79 Å². The zero-order valence-corrected chi connectivity index (χ0v) is 24.1. The van der Waals surface area contributed by atoms with Crippen molar-refractivity contribution in [1.29, 1.82) is 0 Å². The zero-order chi connectivity index (χ0) is 30.1. The van der Waals surface area contributed by atoms with Crippen LogP contribution in [0.3, 0.4) is 0 Å². The fraction of sp³-hybridized carbons (Fsp3) is 0.433. The van der Waals surface area contributed by atoms with Crippen molar-refractivity contribution >= 4 is 29.3 Å². The Labute approximate surface area is 247 Å². The lowest BCUT2D eigenvalue weighted by atomic mass is 9.76. The quantitative estimate of drug-likeness (QED) is 0.323. The number of ether oxygens (including phenoxy) is 2. The highest BCUT2D eigenvalue weighted by atomic mass is 35.5. The van der Waals surface area contributed by atoms with Gasteiger partial charge >= 0.3 is 12.1 Å². The van der Waals surface area contributed by atoms with E-state index in [4.69, 9.17) is 26.8 Å². The van der Waals surface area contributed by atoms with E-state index in [1.165, 1.54) is 24.3 Å². The topological polar surface area (TPSA) is 103 Å². The Hall–Kier alpha value is -3.57. The van der Waals surface area contributed by atoms with Crippen LogP contribution in [-0.2, 0) is 9.53 Å². The summed E-state index contributed by atoms with van der Waals surface area (Å²) in [4.78, 5) is 22.4. The molecule has 2 saturated heterocycles. The molecule has 0 saturated carbocycles. The molecule has 1 spiro atoms. The maximum Gasteiger partial charge on any atom is 0.429 e. The van der Waals surface area contributed by atoms with E-state index in [9.17, 15) is 18.0 Å². The maximum atomic E-state index is 14.5. The number of carbonyl (C=O) groups excluding carboxylic acids is 1. The maximum absolute atomic E-state index is 14.5. The number of alkyl halides is 3. The molecule has 2 aliphatic rings. The van der Waals surface area contributed by atoms with Crippen LogP contribution in [0.2, 0.25) is 5.02 Å². The number of rotatable bonds is 7. The van der Waals surface area contributed by atoms with Gasteiger partial charge in [-0.2, -0.15) is 23.1 Å². The van der Waals surface area contributed by atoms with E-state index in [1.807, 2.05) is 24.0 Å². The van der Waals surface area contributed by atoms with Crippen molar-refractivity contribution in [2.24, 2.45) is 5.41 Å². The van der Waals surface area contributed by atoms with Crippen molar-refractivity contribution in [1.82, 2.24) is 15.3 Å². The highest BCUT2D eigenvalue weighted by Gasteiger charge is 2.46. The molecule has 8 nitrogen and oxygen atoms in total. The van der Waals surface area contributed by atoms with Crippen molar-refractivity contribution in [2.45, 2.75) is 51.4 Å². The van der Waals surface area contributed by atoms with Crippen LogP contribution in [0.15, 0.2) is 48.5 Å². The minimum atomic E-state index is -4.77. The van der Waals surface area contributed by atoms with Gasteiger partial charge in [-0.15, -0.1) is 0 Å². The van der Waals surface area contributed by atoms with E-state index >= 15 is 0 Å². The molecule has 12 heteroatoms. The minimum absolute atomic E-state index is 0.0613. The van der Waals surface area contributed by atoms with Crippen LogP contribution in [0.5, 0.6) is 5.88 Å². The van der Waals surface area contributed by atoms with Crippen molar-refractivity contribution in [2.75, 3.05) is 36.9 Å². The normalized spacial score (nSPS) is 19.1. The largest absolute Gasteiger partial charge is 0.465 e. The Morgan fingerprint density at radius 1 is 1.17 bits per heavy atom. The predicted molar refractivity (Wildman–Crippen MR) is 154 cm³/mol. The van der Waals surface area contributed by atoms with Crippen molar-refractivity contribution in [3.05, 3.63) is 64.7 Å². The minimum Gasteiger partial charge on any atom is -0.465 e. The summed E-state index contributed by atoms with van der Waals surface area (Å²) < 4.78 is 54.3. The van der Waals surface area contributed by atoms with E-state index < -0.39 is 12.3 Å². The molecule has 3 aromatic rings. The van der Waals surface area contributed by atoms with Gasteiger partial charge in [0, 0.05) is 36.3 Å². The summed E-state index contributed by atoms with van der Waals surface area (Å²) in [6.45, 7) is 5.88. The fourth-order valence-electron chi connectivity index (χ4n) is 5.74. The molecule has 1 unspecified atom stereocenters. The zero-order valence-electron chi connectivity index (χ0n) is 23.4. The smallest absolute Gasteiger partial charge is 0.429 e. The average Bonchev–Trinajstić information content (AvgIpc) is 3.35. The summed E-state index contributed by atoms with van der Waals surface area (Å²) in [6.07, 6.45) is -4.88. The van der Waals surface area contributed by atoms with E-state index in [1.54, 1.807) is 19.1 Å². The lowest BCUT2D eigenvalue weighted by Crippen LogP contribution is -2.41. The number of nitrogens with zero attached hydrogens (tertiary/aromatic N) is 3. The fourth-order valence-corrected chi connectivity index (χ4v) is 5.91. The van der Waals surface area contributed by atoms with Crippen LogP contribution in [0.1, 0.15) is 43.4 Å². The molecule has 0 amide bonds. The summed E-state index contributed by atoms with van der Waals surface area (Å²) >= 11 is 6.20. The van der Waals surface area contributed by atoms with Crippen molar-refractivity contribution in [3.63, 3.8) is 0 Å². The number of nitrogen functional groups attached to an aromatic ring is 1. The Bertz CT molecular complexity index is 1430. The second kappa shape index (κ2) is 12.0. The van der Waals surface area contributed by atoms with Crippen LogP contribution < -0.4 is 20.7 Å². The van der Waals surface area contributed by atoms with Crippen molar-refractivity contribution in [3.8, 4) is 17.0 Å². The Balaban J connectivity index is 1.37. The van der Waals surface area contributed by atoms with E-state index in [2.05, 4.69) is 15.3 Å². The number of hydrogen-bond acceptors (Lipinski definition) is 8. The monoisotopic (exact) mass is 603 g/mol. The van der Waals surface area contributed by atoms with Crippen LogP contribution in [0.25, 0.3) is 11.1 Å². The van der Waals surface area contributed by atoms with Crippen LogP contribution in [-0.4, -0.2) is 54.4 Å². The number of benzene rings is 2. The Morgan fingerprint density at radius 2 is 1.88 bits per heavy atom. The molecule has 2 fully saturated rings. The number of nitrogens with two attached hydrogens (primary N) is 1. The molecule has 0 aliphatic carbocycles. The highest BCUT2D eigenvalue weighted by molar-refractivity contribution is 6.30. The average molecular weight is 604 g/mol. The number of esters is 1. The first-order valence-electron chi connectivity index (χ1n) is 13.9. The summed E-state index contributed by atoms with van der Waals surface area (Å²) in [5.74, 6) is -0.332. The predicted octanol–water partition coefficient (Wildman–Crippen LogP) is 5.88. The van der Waals surface area contributed by atoms with Gasteiger partial charge in [0.25, 0.3) is 0 Å². The second-order valence-electron chi connectivity index (χ2n) is 10.9. The van der Waals surface area contributed by atoms with E-state index in [0.29, 0.717) is 54.6 Å². The number of piperidine rings is 1. The second-order valence-corrected chi connectivity index (χ2v) is 11.4. The van der Waals surface area contributed by atoms with Crippen LogP contribution in [0, 0.1) is 12.3 Å². The van der Waals surface area contributed by atoms with E-state index in [0.717, 1.165) is 18.4 Å². The first kappa shape index (κ1) is 29.9. The third kappa shape index (κ3) is 6.57. The van der Waals surface area contributed by atoms with Gasteiger partial charge in [-0.25, -0.2) is 0 Å². The third-order valence-electron chi connectivity index (χ3n) is 7.98. The number of aryl methyl sites for hydroxylation is 1. The number of halogens is 4. The Morgan fingerprint density at radius 3 is 2.55 bits per heavy atom. The molecule has 2 atom stereocenters. The molecule has 5 rings (SSSR count). The lowest BCUT2D eigenvalue weighted by molar-refractivity contribution is -0.198. The first-order valence-corrected chi connectivity index (χ1v) is 14.2. The molecule has 2 aliphatic heterocycles. The molecule has 3 N–H and O–H groups in total. The number of hydrogen-bond donors (Lipinski definition) is 2. The highest BCUT2D eigenvalue weighted by Crippen LogP contribution is 2.43. The molecule has 2 aromatic carbocycles. The number of aromatic nitrogens is 2. The third-order valence-corrected chi connectivity index (χ3v) is 8.22. The molecular weight excluding hydrogens is 571 g/mol. The SMILES string of the molecule is CCOC(=O)C1CC2(CCN(c3cc(O[C@H](c4ccc(Cl)cc4-c4ccc(C)cc4)C(F)(F)F)nc(N)n3)CC2)CN1. The summed E-state index contributed by atoms with van der Waals surface area (Å²) in [5.41, 5.74) is 7.65. The summed E-state index contributed by atoms with van der Waals surface area (Å²) in [6, 6.07) is 12.4. The molecule has 42 heavy (non-hydrogen) atoms. The van der Waals surface area contributed by atoms with Crippen molar-refractivity contribution < 1.29 is 27.4 Å². The summed E-state index contributed by atoms with van der Waals surface area (Å²) in [5, 5.41) is 3.58. The molecule has 1 aromatic heterocycles. The van der Waals surface area contributed by atoms with Gasteiger partial charge in [-0.1, -0.05) is 47.5 Å². The van der Waals surface area contributed by atoms with Gasteiger partial charge in [-0.05, 0) is 61.8 Å². The summed E-state index contributed by atoms with van der Waals surface area (Å²) in [7, 11) is 0.